The largest absolute Gasteiger partial charge is 0.383 e. The van der Waals surface area contributed by atoms with Gasteiger partial charge in [0, 0.05) is 42.7 Å². The molecular formula is C34H38ClN7O. The minimum atomic E-state index is -0.221. The molecule has 9 heteroatoms. The molecule has 0 amide bonds. The summed E-state index contributed by atoms with van der Waals surface area (Å²) in [5.41, 5.74) is 14.7. The summed E-state index contributed by atoms with van der Waals surface area (Å²) in [6, 6.07) is 10.2. The Labute approximate surface area is 258 Å². The number of aromatic nitrogens is 1. The van der Waals surface area contributed by atoms with Gasteiger partial charge in [-0.2, -0.15) is 0 Å². The third kappa shape index (κ3) is 4.86. The second-order valence-electron chi connectivity index (χ2n) is 13.4. The van der Waals surface area contributed by atoms with E-state index in [1.807, 2.05) is 12.3 Å². The number of methoxy groups -OCH3 is 1. The molecule has 2 atom stereocenters. The number of ether oxygens (including phenoxy) is 1. The fourth-order valence-electron chi connectivity index (χ4n) is 6.72. The van der Waals surface area contributed by atoms with Crippen LogP contribution in [0.15, 0.2) is 54.6 Å². The number of hydrogen-bond donors (Lipinski definition) is 5. The third-order valence-corrected chi connectivity index (χ3v) is 9.39. The van der Waals surface area contributed by atoms with Gasteiger partial charge in [0.15, 0.2) is 6.23 Å². The van der Waals surface area contributed by atoms with Gasteiger partial charge in [-0.05, 0) is 66.1 Å². The number of pyridine rings is 1. The molecule has 2 aromatic carbocycles. The second-order valence-corrected chi connectivity index (χ2v) is 13.8. The Morgan fingerprint density at radius 3 is 2.77 bits per heavy atom. The quantitative estimate of drug-likeness (QED) is 0.191. The van der Waals surface area contributed by atoms with Crippen molar-refractivity contribution >= 4 is 40.0 Å². The monoisotopic (exact) mass is 595 g/mol. The molecule has 3 saturated carbocycles. The van der Waals surface area contributed by atoms with E-state index in [9.17, 15) is 0 Å². The van der Waals surface area contributed by atoms with Crippen LogP contribution >= 0.6 is 11.6 Å². The Kier molecular flexibility index (Phi) is 6.73. The van der Waals surface area contributed by atoms with E-state index in [-0.39, 0.29) is 23.2 Å². The Hall–Kier alpha value is -3.90. The summed E-state index contributed by atoms with van der Waals surface area (Å²) < 4.78 is 5.75. The van der Waals surface area contributed by atoms with Crippen LogP contribution in [-0.2, 0) is 4.74 Å². The van der Waals surface area contributed by atoms with E-state index < -0.39 is 0 Å². The molecule has 2 aliphatic heterocycles. The lowest BCUT2D eigenvalue weighted by atomic mass is 9.49. The normalized spacial score (nSPS) is 24.1. The number of benzene rings is 2. The van der Waals surface area contributed by atoms with Crippen molar-refractivity contribution in [1.29, 1.82) is 0 Å². The maximum absolute atomic E-state index is 6.91. The minimum Gasteiger partial charge on any atom is -0.383 e. The molecule has 8 rings (SSSR count). The van der Waals surface area contributed by atoms with Crippen molar-refractivity contribution in [2.75, 3.05) is 24.3 Å². The van der Waals surface area contributed by atoms with Crippen LogP contribution in [0.5, 0.6) is 0 Å². The number of terminal acetylenes is 1. The summed E-state index contributed by atoms with van der Waals surface area (Å²) in [5.74, 6) is 3.68. The van der Waals surface area contributed by atoms with Crippen LogP contribution in [0, 0.1) is 23.7 Å². The van der Waals surface area contributed by atoms with Crippen molar-refractivity contribution in [1.82, 2.24) is 26.3 Å². The second kappa shape index (κ2) is 10.4. The highest BCUT2D eigenvalue weighted by molar-refractivity contribution is 6.35. The van der Waals surface area contributed by atoms with E-state index in [1.54, 1.807) is 13.3 Å². The number of hydrogen-bond acceptors (Lipinski definition) is 8. The van der Waals surface area contributed by atoms with Gasteiger partial charge in [0.25, 0.3) is 0 Å². The fourth-order valence-corrected chi connectivity index (χ4v) is 6.99. The molecule has 1 unspecified atom stereocenters. The lowest BCUT2D eigenvalue weighted by molar-refractivity contribution is -0.141. The van der Waals surface area contributed by atoms with Crippen molar-refractivity contribution in [3.8, 4) is 12.3 Å². The first-order valence-corrected chi connectivity index (χ1v) is 15.3. The maximum atomic E-state index is 6.91. The number of fused-ring (bicyclic) bond motifs is 2. The van der Waals surface area contributed by atoms with E-state index in [4.69, 9.17) is 22.8 Å². The number of hydrazine groups is 2. The molecule has 1 aromatic heterocycles. The molecule has 5 N–H and O–H groups in total. The van der Waals surface area contributed by atoms with Crippen LogP contribution in [0.3, 0.4) is 0 Å². The van der Waals surface area contributed by atoms with Gasteiger partial charge in [-0.25, -0.2) is 0 Å². The topological polar surface area (TPSA) is 85.5 Å². The Balaban J connectivity index is 1.32. The summed E-state index contributed by atoms with van der Waals surface area (Å²) in [4.78, 5) is 4.63. The van der Waals surface area contributed by atoms with Crippen LogP contribution in [0.1, 0.15) is 74.6 Å². The summed E-state index contributed by atoms with van der Waals surface area (Å²) >= 11 is 6.91. The first kappa shape index (κ1) is 27.9. The Bertz CT molecular complexity index is 1680. The highest BCUT2D eigenvalue weighted by atomic mass is 35.5. The van der Waals surface area contributed by atoms with Gasteiger partial charge in [-0.15, -0.1) is 12.0 Å². The van der Waals surface area contributed by atoms with Crippen molar-refractivity contribution in [2.24, 2.45) is 11.3 Å². The average Bonchev–Trinajstić information content (AvgIpc) is 3.41. The molecule has 2 bridgehead atoms. The van der Waals surface area contributed by atoms with Crippen molar-refractivity contribution in [3.05, 3.63) is 81.9 Å². The molecule has 3 aliphatic carbocycles. The van der Waals surface area contributed by atoms with Crippen LogP contribution in [0.2, 0.25) is 5.02 Å². The average molecular weight is 596 g/mol. The van der Waals surface area contributed by atoms with E-state index in [0.29, 0.717) is 16.1 Å². The third-order valence-electron chi connectivity index (χ3n) is 9.10. The molecule has 5 aliphatic rings. The van der Waals surface area contributed by atoms with Gasteiger partial charge < -0.3 is 26.1 Å². The van der Waals surface area contributed by atoms with Crippen molar-refractivity contribution in [3.63, 3.8) is 0 Å². The molecule has 0 spiro atoms. The number of nitrogens with one attached hydrogen (secondary N) is 5. The van der Waals surface area contributed by atoms with E-state index in [0.717, 1.165) is 51.6 Å². The molecule has 3 aromatic rings. The lowest BCUT2D eigenvalue weighted by Crippen LogP contribution is -2.69. The highest BCUT2D eigenvalue weighted by Crippen LogP contribution is 2.60. The highest BCUT2D eigenvalue weighted by Gasteiger charge is 2.60. The van der Waals surface area contributed by atoms with Crippen LogP contribution in [0.4, 0.5) is 11.4 Å². The number of nitrogens with zero attached hydrogens (tertiary/aromatic N) is 2. The van der Waals surface area contributed by atoms with Gasteiger partial charge in [-0.3, -0.25) is 9.99 Å². The summed E-state index contributed by atoms with van der Waals surface area (Å²) in [6.45, 7) is 7.31. The molecule has 222 valence electrons. The molecule has 0 radical (unpaired) electrons. The Morgan fingerprint density at radius 1 is 1.26 bits per heavy atom. The zero-order valence-corrected chi connectivity index (χ0v) is 25.8. The van der Waals surface area contributed by atoms with E-state index in [2.05, 4.69) is 100 Å². The van der Waals surface area contributed by atoms with Gasteiger partial charge in [-0.1, -0.05) is 56.5 Å². The summed E-state index contributed by atoms with van der Waals surface area (Å²) in [5, 5.41) is 14.4. The summed E-state index contributed by atoms with van der Waals surface area (Å²) in [7, 11) is 1.72. The lowest BCUT2D eigenvalue weighted by Gasteiger charge is -2.64. The standard InChI is InChI=1S/C34H38ClN7O/c1-6-21-17-37-30-26(29(21)38-19-33(2,3)4)12-22(13-27(30)35)39-31(28-18-42(41-40-28)34-14-20(15-34)16-34)24-8-7-9-25-23(24)10-11-36-32(25)43-5/h1,7-13,17-18,20,31-32,36,39-41H,14-16,19H2,2-5H3,(H,37,38)/t20?,31-,32?,34?/m0/s1. The number of halogens is 1. The first-order chi connectivity index (χ1) is 20.7. The summed E-state index contributed by atoms with van der Waals surface area (Å²) in [6.07, 6.45) is 17.4. The zero-order chi connectivity index (χ0) is 29.9. The fraction of sp³-hybridized carbons (Fsp3) is 0.382. The maximum Gasteiger partial charge on any atom is 0.153 e. The Morgan fingerprint density at radius 2 is 2.07 bits per heavy atom. The van der Waals surface area contributed by atoms with Crippen molar-refractivity contribution in [2.45, 2.75) is 57.8 Å². The number of rotatable bonds is 8. The van der Waals surface area contributed by atoms with E-state index >= 15 is 0 Å². The smallest absolute Gasteiger partial charge is 0.153 e. The number of anilines is 2. The van der Waals surface area contributed by atoms with Crippen molar-refractivity contribution < 1.29 is 4.74 Å². The molecule has 3 fully saturated rings. The molecule has 0 saturated heterocycles. The van der Waals surface area contributed by atoms with Crippen LogP contribution in [-0.4, -0.2) is 29.2 Å². The van der Waals surface area contributed by atoms with E-state index in [1.165, 1.54) is 19.3 Å². The van der Waals surface area contributed by atoms with Gasteiger partial charge in [0.05, 0.1) is 39.1 Å². The van der Waals surface area contributed by atoms with Gasteiger partial charge >= 0.3 is 0 Å². The van der Waals surface area contributed by atoms with Gasteiger partial charge in [0.1, 0.15) is 0 Å². The molecule has 8 nitrogen and oxygen atoms in total. The predicted molar refractivity (Wildman–Crippen MR) is 174 cm³/mol. The van der Waals surface area contributed by atoms with Gasteiger partial charge in [0.2, 0.25) is 0 Å². The molecular weight excluding hydrogens is 558 g/mol. The molecule has 3 heterocycles. The molecule has 43 heavy (non-hydrogen) atoms. The first-order valence-electron chi connectivity index (χ1n) is 14.9. The minimum absolute atomic E-state index is 0.0565. The van der Waals surface area contributed by atoms with Crippen LogP contribution in [0.25, 0.3) is 17.0 Å². The predicted octanol–water partition coefficient (Wildman–Crippen LogP) is 6.42. The zero-order valence-electron chi connectivity index (χ0n) is 25.0. The van der Waals surface area contributed by atoms with Crippen LogP contribution < -0.4 is 26.9 Å². The SMILES string of the molecule is C#Cc1cnc2c(Cl)cc(N[C@H](C3=CN(C45CC(C4)C5)NN3)c3cccc4c3C=CNC4OC)cc2c1NCC(C)(C)C.